The summed E-state index contributed by atoms with van der Waals surface area (Å²) in [5.74, 6) is -0.0510. The zero-order valence-corrected chi connectivity index (χ0v) is 5.47. The first-order chi connectivity index (χ1) is 5.29. The Morgan fingerprint density at radius 3 is 3.00 bits per heavy atom. The van der Waals surface area contributed by atoms with Crippen LogP contribution in [0.4, 0.5) is 0 Å². The van der Waals surface area contributed by atoms with Crippen molar-refractivity contribution in [1.82, 2.24) is 14.7 Å². The van der Waals surface area contributed by atoms with Crippen LogP contribution in [0.5, 0.6) is 5.75 Å². The molecule has 0 bridgehead atoms. The number of rotatable bonds is 0. The summed E-state index contributed by atoms with van der Waals surface area (Å²) in [5.41, 5.74) is 0.743. The number of nitrogens with zero attached hydrogens (tertiary/aromatic N) is 3. The van der Waals surface area contributed by atoms with E-state index in [-0.39, 0.29) is 5.75 Å². The van der Waals surface area contributed by atoms with E-state index in [9.17, 15) is 0 Å². The van der Waals surface area contributed by atoms with Gasteiger partial charge in [-0.15, -0.1) is 0 Å². The first kappa shape index (κ1) is 5.96. The van der Waals surface area contributed by atoms with Gasteiger partial charge in [0.05, 0.1) is 12.4 Å². The topological polar surface area (TPSA) is 71.2 Å². The lowest BCUT2D eigenvalue weighted by molar-refractivity contribution is 0.198. The van der Waals surface area contributed by atoms with E-state index < -0.39 is 0 Å². The van der Waals surface area contributed by atoms with Gasteiger partial charge in [0.2, 0.25) is 0 Å². The van der Waals surface area contributed by atoms with Crippen molar-refractivity contribution in [3.8, 4) is 5.75 Å². The molecular weight excluding hydrogens is 146 g/mol. The van der Waals surface area contributed by atoms with Gasteiger partial charge in [-0.1, -0.05) is 0 Å². The van der Waals surface area contributed by atoms with E-state index in [1.165, 1.54) is 18.7 Å². The van der Waals surface area contributed by atoms with Crippen LogP contribution in [0.2, 0.25) is 0 Å². The Kier molecular flexibility index (Phi) is 1.00. The minimum atomic E-state index is -0.0510. The fraction of sp³-hybridized carbons (Fsp3) is 0. The van der Waals surface area contributed by atoms with Crippen LogP contribution in [0.1, 0.15) is 0 Å². The lowest BCUT2D eigenvalue weighted by Gasteiger charge is -1.89. The summed E-state index contributed by atoms with van der Waals surface area (Å²) in [5, 5.41) is 18.2. The van der Waals surface area contributed by atoms with Crippen LogP contribution in [-0.2, 0) is 0 Å². The van der Waals surface area contributed by atoms with E-state index in [4.69, 9.17) is 10.3 Å². The van der Waals surface area contributed by atoms with Gasteiger partial charge in [-0.3, -0.25) is 0 Å². The molecule has 2 rings (SSSR count). The van der Waals surface area contributed by atoms with Gasteiger partial charge >= 0.3 is 0 Å². The molecule has 0 fully saturated rings. The van der Waals surface area contributed by atoms with Crippen LogP contribution < -0.4 is 0 Å². The quantitative estimate of drug-likeness (QED) is 0.534. The zero-order chi connectivity index (χ0) is 7.84. The number of hydrogen-bond donors (Lipinski definition) is 2. The van der Waals surface area contributed by atoms with Gasteiger partial charge in [0, 0.05) is 0 Å². The van der Waals surface area contributed by atoms with Crippen molar-refractivity contribution >= 4 is 11.0 Å². The summed E-state index contributed by atoms with van der Waals surface area (Å²) < 4.78 is 0.782. The third-order valence-electron chi connectivity index (χ3n) is 1.43. The number of aromatic hydroxyl groups is 1. The molecule has 2 aromatic heterocycles. The molecule has 5 nitrogen and oxygen atoms in total. The van der Waals surface area contributed by atoms with Crippen LogP contribution in [0.15, 0.2) is 18.7 Å². The standard InChI is InChI=1S/C6H5N3O2/c10-5-2-9(11)4-1-7-3-8-6(4)5/h1-3,10-11H. The molecule has 0 saturated heterocycles. The molecule has 2 aromatic rings. The minimum Gasteiger partial charge on any atom is -0.504 e. The molecule has 0 amide bonds. The van der Waals surface area contributed by atoms with E-state index in [0.717, 1.165) is 4.73 Å². The van der Waals surface area contributed by atoms with Gasteiger partial charge in [-0.05, 0) is 0 Å². The molecule has 0 atom stereocenters. The molecule has 0 saturated carbocycles. The van der Waals surface area contributed by atoms with E-state index in [2.05, 4.69) is 9.97 Å². The highest BCUT2D eigenvalue weighted by molar-refractivity contribution is 5.80. The molecule has 0 unspecified atom stereocenters. The second-order valence-corrected chi connectivity index (χ2v) is 2.12. The Bertz CT molecular complexity index is 360. The van der Waals surface area contributed by atoms with Crippen molar-refractivity contribution in [3.05, 3.63) is 18.7 Å². The maximum absolute atomic E-state index is 9.12. The van der Waals surface area contributed by atoms with Crippen molar-refractivity contribution in [2.24, 2.45) is 0 Å². The van der Waals surface area contributed by atoms with Crippen molar-refractivity contribution < 1.29 is 10.3 Å². The lowest BCUT2D eigenvalue weighted by atomic mass is 10.4. The van der Waals surface area contributed by atoms with Crippen LogP contribution in [0.25, 0.3) is 11.0 Å². The van der Waals surface area contributed by atoms with Crippen LogP contribution in [0.3, 0.4) is 0 Å². The predicted octanol–water partition coefficient (Wildman–Crippen LogP) is 0.374. The maximum Gasteiger partial charge on any atom is 0.163 e. The molecule has 2 heterocycles. The first-order valence-corrected chi connectivity index (χ1v) is 2.98. The highest BCUT2D eigenvalue weighted by Crippen LogP contribution is 2.21. The number of fused-ring (bicyclic) bond motifs is 1. The van der Waals surface area contributed by atoms with Crippen LogP contribution in [-0.4, -0.2) is 25.0 Å². The summed E-state index contributed by atoms with van der Waals surface area (Å²) in [6.07, 6.45) is 3.89. The third-order valence-corrected chi connectivity index (χ3v) is 1.43. The molecule has 0 aliphatic rings. The number of hydrogen-bond acceptors (Lipinski definition) is 4. The Hall–Kier alpha value is -1.78. The Morgan fingerprint density at radius 2 is 2.27 bits per heavy atom. The van der Waals surface area contributed by atoms with Crippen molar-refractivity contribution in [2.75, 3.05) is 0 Å². The van der Waals surface area contributed by atoms with E-state index in [1.807, 2.05) is 0 Å². The molecule has 0 aromatic carbocycles. The molecule has 11 heavy (non-hydrogen) atoms. The van der Waals surface area contributed by atoms with Crippen LogP contribution in [0, 0.1) is 0 Å². The largest absolute Gasteiger partial charge is 0.504 e. The average Bonchev–Trinajstić information content (AvgIpc) is 2.30. The lowest BCUT2D eigenvalue weighted by Crippen LogP contribution is -1.86. The summed E-state index contributed by atoms with van der Waals surface area (Å²) in [4.78, 5) is 7.44. The van der Waals surface area contributed by atoms with Gasteiger partial charge < -0.3 is 10.3 Å². The fourth-order valence-corrected chi connectivity index (χ4v) is 0.934. The van der Waals surface area contributed by atoms with Crippen molar-refractivity contribution in [2.45, 2.75) is 0 Å². The SMILES string of the molecule is Oc1cn(O)c2cncnc12. The highest BCUT2D eigenvalue weighted by atomic mass is 16.5. The normalized spacial score (nSPS) is 10.5. The molecule has 2 N–H and O–H groups in total. The molecule has 56 valence electrons. The Labute approximate surface area is 61.5 Å². The van der Waals surface area contributed by atoms with Gasteiger partial charge in [0.1, 0.15) is 17.4 Å². The molecule has 5 heteroatoms. The third kappa shape index (κ3) is 0.706. The minimum absolute atomic E-state index is 0.0510. The fourth-order valence-electron chi connectivity index (χ4n) is 0.934. The van der Waals surface area contributed by atoms with E-state index in [1.54, 1.807) is 0 Å². The van der Waals surface area contributed by atoms with Gasteiger partial charge in [-0.2, -0.15) is 4.73 Å². The Morgan fingerprint density at radius 1 is 1.45 bits per heavy atom. The number of aromatic nitrogens is 3. The van der Waals surface area contributed by atoms with Gasteiger partial charge in [-0.25, -0.2) is 9.97 Å². The van der Waals surface area contributed by atoms with E-state index in [0.29, 0.717) is 11.0 Å². The van der Waals surface area contributed by atoms with Gasteiger partial charge in [0.25, 0.3) is 0 Å². The summed E-state index contributed by atoms with van der Waals surface area (Å²) in [6, 6.07) is 0. The second kappa shape index (κ2) is 1.85. The van der Waals surface area contributed by atoms with Crippen molar-refractivity contribution in [3.63, 3.8) is 0 Å². The summed E-state index contributed by atoms with van der Waals surface area (Å²) >= 11 is 0. The van der Waals surface area contributed by atoms with E-state index >= 15 is 0 Å². The predicted molar refractivity (Wildman–Crippen MR) is 36.4 cm³/mol. The Balaban J connectivity index is 2.95. The zero-order valence-electron chi connectivity index (χ0n) is 5.47. The molecule has 0 spiro atoms. The second-order valence-electron chi connectivity index (χ2n) is 2.12. The highest BCUT2D eigenvalue weighted by Gasteiger charge is 2.06. The monoisotopic (exact) mass is 151 g/mol. The van der Waals surface area contributed by atoms with Crippen LogP contribution >= 0.6 is 0 Å². The summed E-state index contributed by atoms with van der Waals surface area (Å²) in [7, 11) is 0. The molecule has 0 radical (unpaired) electrons. The van der Waals surface area contributed by atoms with Crippen molar-refractivity contribution in [1.29, 1.82) is 0 Å². The van der Waals surface area contributed by atoms with Gasteiger partial charge in [0.15, 0.2) is 5.75 Å². The smallest absolute Gasteiger partial charge is 0.163 e. The summed E-state index contributed by atoms with van der Waals surface area (Å²) in [6.45, 7) is 0. The molecule has 0 aliphatic heterocycles. The molecule has 0 aliphatic carbocycles. The first-order valence-electron chi connectivity index (χ1n) is 2.98. The average molecular weight is 151 g/mol. The molecular formula is C6H5N3O2. The maximum atomic E-state index is 9.12.